The molecule has 7 heteroatoms. The molecule has 0 radical (unpaired) electrons. The van der Waals surface area contributed by atoms with Crippen molar-refractivity contribution in [3.05, 3.63) is 58.5 Å². The zero-order valence-electron chi connectivity index (χ0n) is 15.3. The highest BCUT2D eigenvalue weighted by Gasteiger charge is 2.21. The van der Waals surface area contributed by atoms with Crippen molar-refractivity contribution in [3.8, 4) is 11.3 Å². The lowest BCUT2D eigenvalue weighted by atomic mass is 10.0. The summed E-state index contributed by atoms with van der Waals surface area (Å²) in [5.41, 5.74) is 1.87. The minimum Gasteiger partial charge on any atom is -0.350 e. The number of benzene rings is 1. The number of fused-ring (bicyclic) bond motifs is 1. The number of carbonyl (C=O) groups excluding carboxylic acids is 1. The Kier molecular flexibility index (Phi) is 4.77. The van der Waals surface area contributed by atoms with Gasteiger partial charge < -0.3 is 10.2 Å². The van der Waals surface area contributed by atoms with Gasteiger partial charge in [0.05, 0.1) is 5.69 Å². The van der Waals surface area contributed by atoms with Gasteiger partial charge in [-0.3, -0.25) is 14.7 Å². The highest BCUT2D eigenvalue weighted by Crippen LogP contribution is 2.17. The number of aromatic amines is 1. The summed E-state index contributed by atoms with van der Waals surface area (Å²) in [6.45, 7) is 1.65. The molecule has 1 atom stereocenters. The van der Waals surface area contributed by atoms with Gasteiger partial charge in [0, 0.05) is 30.4 Å². The van der Waals surface area contributed by atoms with Crippen molar-refractivity contribution in [3.63, 3.8) is 0 Å². The summed E-state index contributed by atoms with van der Waals surface area (Å²) in [7, 11) is 2.09. The summed E-state index contributed by atoms with van der Waals surface area (Å²) in [5.74, 6) is -0.218. The van der Waals surface area contributed by atoms with Gasteiger partial charge in [0.2, 0.25) is 0 Å². The van der Waals surface area contributed by atoms with E-state index in [0.717, 1.165) is 18.5 Å². The van der Waals surface area contributed by atoms with Crippen LogP contribution >= 0.6 is 0 Å². The minimum atomic E-state index is -0.245. The van der Waals surface area contributed by atoms with E-state index in [1.54, 1.807) is 6.20 Å². The molecular formula is C20H23N5O2. The van der Waals surface area contributed by atoms with Crippen LogP contribution in [0, 0.1) is 0 Å². The van der Waals surface area contributed by atoms with Crippen molar-refractivity contribution in [1.29, 1.82) is 0 Å². The van der Waals surface area contributed by atoms with E-state index in [9.17, 15) is 9.59 Å². The lowest BCUT2D eigenvalue weighted by Crippen LogP contribution is -2.44. The topological polar surface area (TPSA) is 82.5 Å². The number of nitrogens with one attached hydrogen (secondary N) is 2. The van der Waals surface area contributed by atoms with Crippen LogP contribution < -0.4 is 10.9 Å². The molecule has 3 heterocycles. The number of amides is 1. The van der Waals surface area contributed by atoms with E-state index in [-0.39, 0.29) is 11.5 Å². The zero-order chi connectivity index (χ0) is 18.8. The predicted octanol–water partition coefficient (Wildman–Crippen LogP) is 1.90. The minimum absolute atomic E-state index is 0.218. The highest BCUT2D eigenvalue weighted by atomic mass is 16.2. The maximum Gasteiger partial charge on any atom is 0.273 e. The summed E-state index contributed by atoms with van der Waals surface area (Å²) < 4.78 is 1.30. The lowest BCUT2D eigenvalue weighted by molar-refractivity contribution is 0.0930. The molecule has 140 valence electrons. The Bertz CT molecular complexity index is 1010. The van der Waals surface area contributed by atoms with Gasteiger partial charge in [0.15, 0.2) is 5.65 Å². The van der Waals surface area contributed by atoms with E-state index in [4.69, 9.17) is 0 Å². The van der Waals surface area contributed by atoms with Crippen LogP contribution in [0.3, 0.4) is 0 Å². The SMILES string of the molecule is CN1CCCCC1CNC(=O)c1c[nH]n2c(=O)cc(-c3ccccc3)nc12. The third-order valence-corrected chi connectivity index (χ3v) is 5.23. The fourth-order valence-electron chi connectivity index (χ4n) is 3.61. The van der Waals surface area contributed by atoms with Crippen LogP contribution in [0.25, 0.3) is 16.9 Å². The molecule has 2 aromatic heterocycles. The third kappa shape index (κ3) is 3.50. The molecule has 1 aliphatic heterocycles. The first kappa shape index (κ1) is 17.5. The number of likely N-dealkylation sites (tertiary alicyclic amines) is 1. The van der Waals surface area contributed by atoms with Crippen LogP contribution in [-0.2, 0) is 0 Å². The van der Waals surface area contributed by atoms with E-state index in [1.165, 1.54) is 23.4 Å². The van der Waals surface area contributed by atoms with Crippen molar-refractivity contribution >= 4 is 11.6 Å². The summed E-state index contributed by atoms with van der Waals surface area (Å²) >= 11 is 0. The van der Waals surface area contributed by atoms with Gasteiger partial charge in [-0.05, 0) is 26.4 Å². The maximum absolute atomic E-state index is 12.7. The average Bonchev–Trinajstić information content (AvgIpc) is 3.12. The molecule has 0 spiro atoms. The Balaban J connectivity index is 1.61. The van der Waals surface area contributed by atoms with Gasteiger partial charge in [0.1, 0.15) is 5.56 Å². The van der Waals surface area contributed by atoms with Crippen LogP contribution in [0.1, 0.15) is 29.6 Å². The van der Waals surface area contributed by atoms with Gasteiger partial charge >= 0.3 is 0 Å². The Hall–Kier alpha value is -2.93. The molecule has 27 heavy (non-hydrogen) atoms. The number of piperidine rings is 1. The Morgan fingerprint density at radius 3 is 2.89 bits per heavy atom. The Morgan fingerprint density at radius 2 is 2.11 bits per heavy atom. The number of rotatable bonds is 4. The number of hydrogen-bond donors (Lipinski definition) is 2. The van der Waals surface area contributed by atoms with Gasteiger partial charge in [-0.2, -0.15) is 0 Å². The number of likely N-dealkylation sites (N-methyl/N-ethyl adjacent to an activating group) is 1. The molecule has 4 rings (SSSR count). The smallest absolute Gasteiger partial charge is 0.273 e. The molecule has 1 amide bonds. The molecule has 3 aromatic rings. The van der Waals surface area contributed by atoms with Gasteiger partial charge in [-0.1, -0.05) is 36.8 Å². The molecule has 1 aromatic carbocycles. The number of hydrogen-bond acceptors (Lipinski definition) is 4. The Labute approximate surface area is 157 Å². The van der Waals surface area contributed by atoms with Gasteiger partial charge in [-0.25, -0.2) is 9.50 Å². The average molecular weight is 365 g/mol. The fourth-order valence-corrected chi connectivity index (χ4v) is 3.61. The number of carbonyl (C=O) groups is 1. The van der Waals surface area contributed by atoms with Crippen molar-refractivity contribution in [2.75, 3.05) is 20.1 Å². The maximum atomic E-state index is 12.7. The second kappa shape index (κ2) is 7.36. The van der Waals surface area contributed by atoms with Crippen LogP contribution in [0.5, 0.6) is 0 Å². The molecule has 0 aliphatic carbocycles. The second-order valence-electron chi connectivity index (χ2n) is 7.03. The highest BCUT2D eigenvalue weighted by molar-refractivity contribution is 5.99. The fraction of sp³-hybridized carbons (Fsp3) is 0.350. The van der Waals surface area contributed by atoms with Crippen molar-refractivity contribution in [1.82, 2.24) is 24.8 Å². The van der Waals surface area contributed by atoms with Crippen molar-refractivity contribution in [2.24, 2.45) is 0 Å². The normalized spacial score (nSPS) is 17.9. The van der Waals surface area contributed by atoms with Crippen molar-refractivity contribution in [2.45, 2.75) is 25.3 Å². The van der Waals surface area contributed by atoms with Crippen LogP contribution in [0.15, 0.2) is 47.4 Å². The molecule has 0 bridgehead atoms. The van der Waals surface area contributed by atoms with Gasteiger partial charge in [-0.15, -0.1) is 0 Å². The second-order valence-corrected chi connectivity index (χ2v) is 7.03. The van der Waals surface area contributed by atoms with E-state index >= 15 is 0 Å². The first-order chi connectivity index (χ1) is 13.1. The van der Waals surface area contributed by atoms with Crippen molar-refractivity contribution < 1.29 is 4.79 Å². The molecular weight excluding hydrogens is 342 g/mol. The number of H-pyrrole nitrogens is 1. The van der Waals surface area contributed by atoms with Crippen LogP contribution in [0.4, 0.5) is 0 Å². The largest absolute Gasteiger partial charge is 0.350 e. The van der Waals surface area contributed by atoms with Crippen LogP contribution in [-0.4, -0.2) is 51.6 Å². The zero-order valence-corrected chi connectivity index (χ0v) is 15.3. The summed E-state index contributed by atoms with van der Waals surface area (Å²) in [5, 5.41) is 5.83. The summed E-state index contributed by atoms with van der Waals surface area (Å²) in [6, 6.07) is 11.3. The molecule has 1 fully saturated rings. The van der Waals surface area contributed by atoms with E-state index in [1.807, 2.05) is 30.3 Å². The monoisotopic (exact) mass is 365 g/mol. The van der Waals surface area contributed by atoms with Crippen LogP contribution in [0.2, 0.25) is 0 Å². The van der Waals surface area contributed by atoms with Gasteiger partial charge in [0.25, 0.3) is 11.5 Å². The van der Waals surface area contributed by atoms with E-state index in [0.29, 0.717) is 29.5 Å². The quantitative estimate of drug-likeness (QED) is 0.740. The molecule has 7 nitrogen and oxygen atoms in total. The molecule has 1 aliphatic rings. The lowest BCUT2D eigenvalue weighted by Gasteiger charge is -2.32. The molecule has 1 saturated heterocycles. The molecule has 0 saturated carbocycles. The predicted molar refractivity (Wildman–Crippen MR) is 104 cm³/mol. The number of aromatic nitrogens is 3. The number of nitrogens with zero attached hydrogens (tertiary/aromatic N) is 3. The summed E-state index contributed by atoms with van der Waals surface area (Å²) in [6.07, 6.45) is 5.02. The summed E-state index contributed by atoms with van der Waals surface area (Å²) in [4.78, 5) is 32.0. The standard InChI is InChI=1S/C20H23N5O2/c1-24-10-6-5-9-15(24)12-21-20(27)16-13-22-25-18(26)11-17(23-19(16)25)14-7-3-2-4-8-14/h2-4,7-8,11,13,15,22H,5-6,9-10,12H2,1H3,(H,21,27). The Morgan fingerprint density at radius 1 is 1.30 bits per heavy atom. The first-order valence-electron chi connectivity index (χ1n) is 9.28. The molecule has 1 unspecified atom stereocenters. The first-order valence-corrected chi connectivity index (χ1v) is 9.28. The van der Waals surface area contributed by atoms with E-state index < -0.39 is 0 Å². The third-order valence-electron chi connectivity index (χ3n) is 5.23. The molecule has 2 N–H and O–H groups in total. The van der Waals surface area contributed by atoms with E-state index in [2.05, 4.69) is 27.3 Å².